The number of ether oxygens (including phenoxy) is 1. The Hall–Kier alpha value is -3.23. The van der Waals surface area contributed by atoms with E-state index in [1.807, 2.05) is 24.3 Å². The van der Waals surface area contributed by atoms with Gasteiger partial charge < -0.3 is 4.74 Å². The average molecular weight is 506 g/mol. The largest absolute Gasteiger partial charge is 0.496 e. The zero-order valence-corrected chi connectivity index (χ0v) is 20.9. The molecule has 6 rings (SSSR count). The Labute approximate surface area is 210 Å². The van der Waals surface area contributed by atoms with E-state index < -0.39 is 15.4 Å². The first kappa shape index (κ1) is 23.2. The lowest BCUT2D eigenvalue weighted by molar-refractivity contribution is 0.371. The number of methoxy groups -OCH3 is 1. The van der Waals surface area contributed by atoms with Crippen molar-refractivity contribution in [2.24, 2.45) is 0 Å². The van der Waals surface area contributed by atoms with E-state index in [0.29, 0.717) is 31.7 Å². The lowest BCUT2D eigenvalue weighted by atomic mass is 9.74. The molecule has 1 aliphatic carbocycles. The SMILES string of the molecule is COc1cc2c(cnn2-c2ccc(F)cc2)cc1C1(Cc2ccccc2)CCN(S(=O)(=O)C2CC2)C1. The molecule has 1 aromatic heterocycles. The number of nitrogens with zero attached hydrogens (tertiary/aromatic N) is 3. The third-order valence-electron chi connectivity index (χ3n) is 7.54. The summed E-state index contributed by atoms with van der Waals surface area (Å²) in [6, 6.07) is 20.5. The molecule has 2 heterocycles. The molecule has 3 aromatic carbocycles. The number of sulfonamides is 1. The van der Waals surface area contributed by atoms with Gasteiger partial charge in [0, 0.05) is 35.5 Å². The van der Waals surface area contributed by atoms with Crippen LogP contribution in [0.15, 0.2) is 72.9 Å². The fourth-order valence-electron chi connectivity index (χ4n) is 5.50. The summed E-state index contributed by atoms with van der Waals surface area (Å²) in [5.74, 6) is 0.401. The predicted molar refractivity (Wildman–Crippen MR) is 138 cm³/mol. The summed E-state index contributed by atoms with van der Waals surface area (Å²) in [4.78, 5) is 0. The van der Waals surface area contributed by atoms with Crippen molar-refractivity contribution in [3.8, 4) is 11.4 Å². The van der Waals surface area contributed by atoms with Crippen LogP contribution < -0.4 is 4.74 Å². The Kier molecular flexibility index (Phi) is 5.61. The number of halogens is 1. The van der Waals surface area contributed by atoms with Crippen molar-refractivity contribution in [2.75, 3.05) is 20.2 Å². The first-order chi connectivity index (χ1) is 17.4. The van der Waals surface area contributed by atoms with Crippen LogP contribution in [0.2, 0.25) is 0 Å². The number of hydrogen-bond acceptors (Lipinski definition) is 4. The molecule has 186 valence electrons. The van der Waals surface area contributed by atoms with E-state index in [0.717, 1.165) is 40.6 Å². The molecule has 1 saturated heterocycles. The second-order valence-electron chi connectivity index (χ2n) is 9.91. The number of rotatable bonds is 7. The van der Waals surface area contributed by atoms with E-state index in [-0.39, 0.29) is 11.1 Å². The van der Waals surface area contributed by atoms with E-state index in [2.05, 4.69) is 23.3 Å². The van der Waals surface area contributed by atoms with Crippen LogP contribution in [0.3, 0.4) is 0 Å². The van der Waals surface area contributed by atoms with Crippen LogP contribution in [0.25, 0.3) is 16.6 Å². The number of aromatic nitrogens is 2. The van der Waals surface area contributed by atoms with E-state index in [4.69, 9.17) is 4.74 Å². The van der Waals surface area contributed by atoms with Gasteiger partial charge in [-0.05, 0) is 61.6 Å². The first-order valence-electron chi connectivity index (χ1n) is 12.2. The van der Waals surface area contributed by atoms with Crippen molar-refractivity contribution in [3.63, 3.8) is 0 Å². The monoisotopic (exact) mass is 505 g/mol. The summed E-state index contributed by atoms with van der Waals surface area (Å²) >= 11 is 0. The minimum atomic E-state index is -3.29. The van der Waals surface area contributed by atoms with Crippen LogP contribution in [0.1, 0.15) is 30.4 Å². The molecule has 8 heteroatoms. The van der Waals surface area contributed by atoms with E-state index in [9.17, 15) is 12.8 Å². The molecule has 1 atom stereocenters. The number of fused-ring (bicyclic) bond motifs is 1. The second-order valence-corrected chi connectivity index (χ2v) is 12.1. The summed E-state index contributed by atoms with van der Waals surface area (Å²) < 4.78 is 49.2. The third-order valence-corrected chi connectivity index (χ3v) is 9.89. The highest BCUT2D eigenvalue weighted by atomic mass is 32.2. The molecule has 0 bridgehead atoms. The summed E-state index contributed by atoms with van der Waals surface area (Å²) in [5, 5.41) is 5.25. The minimum Gasteiger partial charge on any atom is -0.496 e. The van der Waals surface area contributed by atoms with Crippen LogP contribution in [0.5, 0.6) is 5.75 Å². The van der Waals surface area contributed by atoms with Gasteiger partial charge in [0.15, 0.2) is 0 Å². The maximum Gasteiger partial charge on any atom is 0.217 e. The molecule has 0 amide bonds. The maximum absolute atomic E-state index is 13.5. The number of hydrogen-bond donors (Lipinski definition) is 0. The van der Waals surface area contributed by atoms with Gasteiger partial charge in [0.05, 0.1) is 29.8 Å². The lowest BCUT2D eigenvalue weighted by Crippen LogP contribution is -2.37. The predicted octanol–water partition coefficient (Wildman–Crippen LogP) is 4.85. The van der Waals surface area contributed by atoms with E-state index >= 15 is 0 Å². The normalized spacial score (nSPS) is 20.7. The minimum absolute atomic E-state index is 0.233. The fourth-order valence-corrected chi connectivity index (χ4v) is 7.43. The van der Waals surface area contributed by atoms with Crippen molar-refractivity contribution < 1.29 is 17.5 Å². The van der Waals surface area contributed by atoms with Crippen molar-refractivity contribution in [1.82, 2.24) is 14.1 Å². The molecule has 0 spiro atoms. The molecule has 1 aliphatic heterocycles. The van der Waals surface area contributed by atoms with Gasteiger partial charge in [0.1, 0.15) is 11.6 Å². The van der Waals surface area contributed by atoms with Gasteiger partial charge in [-0.25, -0.2) is 21.8 Å². The Morgan fingerprint density at radius 3 is 2.53 bits per heavy atom. The van der Waals surface area contributed by atoms with Gasteiger partial charge in [-0.1, -0.05) is 30.3 Å². The molecule has 2 aliphatic rings. The third kappa shape index (κ3) is 3.98. The van der Waals surface area contributed by atoms with Gasteiger partial charge >= 0.3 is 0 Å². The van der Waals surface area contributed by atoms with E-state index in [1.54, 1.807) is 34.4 Å². The van der Waals surface area contributed by atoms with Crippen molar-refractivity contribution in [3.05, 3.63) is 89.9 Å². The highest BCUT2D eigenvalue weighted by Gasteiger charge is 2.49. The zero-order valence-electron chi connectivity index (χ0n) is 20.1. The highest BCUT2D eigenvalue weighted by Crippen LogP contribution is 2.46. The topological polar surface area (TPSA) is 64.4 Å². The Morgan fingerprint density at radius 1 is 1.08 bits per heavy atom. The highest BCUT2D eigenvalue weighted by molar-refractivity contribution is 7.90. The van der Waals surface area contributed by atoms with Crippen LogP contribution in [-0.2, 0) is 21.9 Å². The summed E-state index contributed by atoms with van der Waals surface area (Å²) in [6.07, 6.45) is 4.72. The molecule has 1 saturated carbocycles. The molecule has 36 heavy (non-hydrogen) atoms. The van der Waals surface area contributed by atoms with Gasteiger partial charge in [-0.2, -0.15) is 5.10 Å². The molecule has 2 fully saturated rings. The number of benzene rings is 3. The van der Waals surface area contributed by atoms with Gasteiger partial charge in [0.25, 0.3) is 0 Å². The molecule has 0 N–H and O–H groups in total. The summed E-state index contributed by atoms with van der Waals surface area (Å²) in [5.41, 5.74) is 3.32. The lowest BCUT2D eigenvalue weighted by Gasteiger charge is -2.32. The molecule has 0 radical (unpaired) electrons. The van der Waals surface area contributed by atoms with Crippen LogP contribution in [0, 0.1) is 5.82 Å². The maximum atomic E-state index is 13.5. The van der Waals surface area contributed by atoms with Crippen molar-refractivity contribution in [2.45, 2.75) is 36.3 Å². The Bertz CT molecular complexity index is 1520. The standard InChI is InChI=1S/C28H28FN3O3S/c1-35-27-16-26-21(18-30-32(26)23-9-7-22(29)8-10-23)15-25(27)28(17-20-5-3-2-4-6-20)13-14-31(19-28)36(33,34)24-11-12-24/h2-10,15-16,18,24H,11-14,17,19H2,1H3. The van der Waals surface area contributed by atoms with Crippen LogP contribution >= 0.6 is 0 Å². The van der Waals surface area contributed by atoms with Gasteiger partial charge in [-0.15, -0.1) is 0 Å². The van der Waals surface area contributed by atoms with Crippen molar-refractivity contribution in [1.29, 1.82) is 0 Å². The van der Waals surface area contributed by atoms with Crippen molar-refractivity contribution >= 4 is 20.9 Å². The second kappa shape index (κ2) is 8.71. The molecular formula is C28H28FN3O3S. The average Bonchev–Trinajstić information content (AvgIpc) is 3.55. The summed E-state index contributed by atoms with van der Waals surface area (Å²) in [6.45, 7) is 0.927. The zero-order chi connectivity index (χ0) is 24.9. The Morgan fingerprint density at radius 2 is 1.83 bits per heavy atom. The molecule has 1 unspecified atom stereocenters. The Balaban J connectivity index is 1.46. The molecule has 4 aromatic rings. The fraction of sp³-hybridized carbons (Fsp3) is 0.321. The molecular weight excluding hydrogens is 477 g/mol. The molecule has 6 nitrogen and oxygen atoms in total. The summed E-state index contributed by atoms with van der Waals surface area (Å²) in [7, 11) is -1.64. The van der Waals surface area contributed by atoms with Crippen LogP contribution in [-0.4, -0.2) is 48.0 Å². The van der Waals surface area contributed by atoms with Crippen LogP contribution in [0.4, 0.5) is 4.39 Å². The van der Waals surface area contributed by atoms with Gasteiger partial charge in [0.2, 0.25) is 10.0 Å². The smallest absolute Gasteiger partial charge is 0.217 e. The van der Waals surface area contributed by atoms with Gasteiger partial charge in [-0.3, -0.25) is 0 Å². The quantitative estimate of drug-likeness (QED) is 0.360. The van der Waals surface area contributed by atoms with E-state index in [1.165, 1.54) is 12.1 Å². The first-order valence-corrected chi connectivity index (χ1v) is 13.8.